The third-order valence-corrected chi connectivity index (χ3v) is 6.60. The Morgan fingerprint density at radius 1 is 1.13 bits per heavy atom. The molecule has 0 spiro atoms. The molecule has 10 nitrogen and oxygen atoms in total. The van der Waals surface area contributed by atoms with Crippen molar-refractivity contribution in [2.75, 3.05) is 63.7 Å². The van der Waals surface area contributed by atoms with Crippen LogP contribution < -0.4 is 15.5 Å². The molecule has 0 radical (unpaired) electrons. The van der Waals surface area contributed by atoms with Crippen molar-refractivity contribution in [2.24, 2.45) is 0 Å². The maximum absolute atomic E-state index is 12.3. The number of carbonyl (C=O) groups is 1. The van der Waals surface area contributed by atoms with Gasteiger partial charge in [-0.15, -0.1) is 0 Å². The standard InChI is InChI=1S/C20H28N6O4S/c1-15-23-18(14-19(24-15)26-10-12-30-13-11-26)21-8-9-22-20(27)16-4-6-17(7-5-16)31(28,29)25(2)3/h4-7,14H,8-13H2,1-3H3,(H,22,27)(H,21,23,24). The molecule has 31 heavy (non-hydrogen) atoms. The van der Waals surface area contributed by atoms with Crippen molar-refractivity contribution in [3.63, 3.8) is 0 Å². The van der Waals surface area contributed by atoms with Crippen molar-refractivity contribution in [1.82, 2.24) is 19.6 Å². The molecule has 1 aliphatic heterocycles. The van der Waals surface area contributed by atoms with Crippen LogP contribution in [0.4, 0.5) is 11.6 Å². The van der Waals surface area contributed by atoms with Crippen LogP contribution in [0.5, 0.6) is 0 Å². The minimum absolute atomic E-state index is 0.144. The van der Waals surface area contributed by atoms with E-state index in [1.165, 1.54) is 38.4 Å². The van der Waals surface area contributed by atoms with E-state index in [1.54, 1.807) is 0 Å². The molecule has 2 N–H and O–H groups in total. The summed E-state index contributed by atoms with van der Waals surface area (Å²) >= 11 is 0. The lowest BCUT2D eigenvalue weighted by molar-refractivity contribution is 0.0955. The zero-order valence-corrected chi connectivity index (χ0v) is 18.8. The summed E-state index contributed by atoms with van der Waals surface area (Å²) in [5, 5.41) is 6.02. The minimum Gasteiger partial charge on any atom is -0.378 e. The summed E-state index contributed by atoms with van der Waals surface area (Å²) in [7, 11) is -0.589. The summed E-state index contributed by atoms with van der Waals surface area (Å²) in [6.45, 7) is 5.66. The van der Waals surface area contributed by atoms with Gasteiger partial charge in [-0.05, 0) is 31.2 Å². The Morgan fingerprint density at radius 2 is 1.81 bits per heavy atom. The molecule has 1 aromatic carbocycles. The molecule has 1 amide bonds. The molecule has 168 valence electrons. The van der Waals surface area contributed by atoms with Gasteiger partial charge in [0, 0.05) is 51.9 Å². The molecule has 1 aromatic heterocycles. The van der Waals surface area contributed by atoms with Gasteiger partial charge in [0.15, 0.2) is 0 Å². The molecule has 3 rings (SSSR count). The van der Waals surface area contributed by atoms with Crippen LogP contribution in [0.15, 0.2) is 35.2 Å². The van der Waals surface area contributed by atoms with E-state index in [1.807, 2.05) is 13.0 Å². The molecule has 11 heteroatoms. The van der Waals surface area contributed by atoms with E-state index in [-0.39, 0.29) is 10.8 Å². The number of carbonyl (C=O) groups excluding carboxylic acids is 1. The molecule has 2 heterocycles. The van der Waals surface area contributed by atoms with Gasteiger partial charge < -0.3 is 20.3 Å². The quantitative estimate of drug-likeness (QED) is 0.567. The van der Waals surface area contributed by atoms with Gasteiger partial charge in [0.1, 0.15) is 17.5 Å². The number of anilines is 2. The number of hydrogen-bond donors (Lipinski definition) is 2. The molecule has 1 fully saturated rings. The Kier molecular flexibility index (Phi) is 7.42. The maximum Gasteiger partial charge on any atom is 0.251 e. The van der Waals surface area contributed by atoms with Gasteiger partial charge in [0.05, 0.1) is 18.1 Å². The van der Waals surface area contributed by atoms with Crippen LogP contribution in [0.2, 0.25) is 0 Å². The average molecular weight is 449 g/mol. The predicted octanol–water partition coefficient (Wildman–Crippen LogP) is 0.714. The molecular formula is C20H28N6O4S. The van der Waals surface area contributed by atoms with E-state index in [2.05, 4.69) is 25.5 Å². The first-order valence-electron chi connectivity index (χ1n) is 10.0. The van der Waals surface area contributed by atoms with E-state index >= 15 is 0 Å². The number of hydrogen-bond acceptors (Lipinski definition) is 8. The highest BCUT2D eigenvalue weighted by molar-refractivity contribution is 7.89. The van der Waals surface area contributed by atoms with E-state index in [0.717, 1.165) is 23.2 Å². The first-order chi connectivity index (χ1) is 14.8. The minimum atomic E-state index is -3.52. The Balaban J connectivity index is 1.51. The molecule has 0 aliphatic carbocycles. The van der Waals surface area contributed by atoms with Gasteiger partial charge in [-0.25, -0.2) is 22.7 Å². The van der Waals surface area contributed by atoms with Crippen LogP contribution in [-0.4, -0.2) is 82.1 Å². The van der Waals surface area contributed by atoms with Crippen LogP contribution in [0.25, 0.3) is 0 Å². The lowest BCUT2D eigenvalue weighted by atomic mass is 10.2. The Morgan fingerprint density at radius 3 is 2.45 bits per heavy atom. The fourth-order valence-electron chi connectivity index (χ4n) is 3.05. The smallest absolute Gasteiger partial charge is 0.251 e. The number of aryl methyl sites for hydroxylation is 1. The summed E-state index contributed by atoms with van der Waals surface area (Å²) < 4.78 is 30.7. The largest absolute Gasteiger partial charge is 0.378 e. The summed E-state index contributed by atoms with van der Waals surface area (Å²) in [4.78, 5) is 23.5. The van der Waals surface area contributed by atoms with E-state index in [9.17, 15) is 13.2 Å². The number of ether oxygens (including phenoxy) is 1. The molecule has 0 saturated carbocycles. The Hall–Kier alpha value is -2.76. The topological polar surface area (TPSA) is 117 Å². The van der Waals surface area contributed by atoms with Gasteiger partial charge in [0.2, 0.25) is 10.0 Å². The van der Waals surface area contributed by atoms with E-state index in [0.29, 0.717) is 43.5 Å². The summed E-state index contributed by atoms with van der Waals surface area (Å²) in [5.74, 6) is 1.95. The lowest BCUT2D eigenvalue weighted by Crippen LogP contribution is -2.37. The van der Waals surface area contributed by atoms with Crippen LogP contribution >= 0.6 is 0 Å². The highest BCUT2D eigenvalue weighted by Crippen LogP contribution is 2.17. The summed E-state index contributed by atoms with van der Waals surface area (Å²) in [6.07, 6.45) is 0. The number of nitrogens with one attached hydrogen (secondary N) is 2. The van der Waals surface area contributed by atoms with Gasteiger partial charge in [-0.3, -0.25) is 4.79 Å². The zero-order valence-electron chi connectivity index (χ0n) is 18.0. The van der Waals surface area contributed by atoms with Crippen LogP contribution in [0, 0.1) is 6.92 Å². The summed E-state index contributed by atoms with van der Waals surface area (Å²) in [5.41, 5.74) is 0.394. The third-order valence-electron chi connectivity index (χ3n) is 4.77. The van der Waals surface area contributed by atoms with Crippen LogP contribution in [0.3, 0.4) is 0 Å². The monoisotopic (exact) mass is 448 g/mol. The van der Waals surface area contributed by atoms with Crippen molar-refractivity contribution in [3.8, 4) is 0 Å². The first-order valence-corrected chi connectivity index (χ1v) is 11.4. The molecule has 1 saturated heterocycles. The molecule has 0 atom stereocenters. The first kappa shape index (κ1) is 22.9. The molecule has 0 unspecified atom stereocenters. The molecular weight excluding hydrogens is 420 g/mol. The lowest BCUT2D eigenvalue weighted by Gasteiger charge is -2.28. The third kappa shape index (κ3) is 5.90. The molecule has 2 aromatic rings. The predicted molar refractivity (Wildman–Crippen MR) is 118 cm³/mol. The maximum atomic E-state index is 12.3. The molecule has 0 bridgehead atoms. The van der Waals surface area contributed by atoms with Crippen LogP contribution in [-0.2, 0) is 14.8 Å². The summed E-state index contributed by atoms with van der Waals surface area (Å²) in [6, 6.07) is 7.76. The number of nitrogens with zero attached hydrogens (tertiary/aromatic N) is 4. The van der Waals surface area contributed by atoms with Crippen LogP contribution in [0.1, 0.15) is 16.2 Å². The Bertz CT molecular complexity index is 1000. The second-order valence-corrected chi connectivity index (χ2v) is 9.40. The van der Waals surface area contributed by atoms with Crippen molar-refractivity contribution in [2.45, 2.75) is 11.8 Å². The van der Waals surface area contributed by atoms with Crippen molar-refractivity contribution >= 4 is 27.6 Å². The number of sulfonamides is 1. The molecule has 1 aliphatic rings. The highest BCUT2D eigenvalue weighted by atomic mass is 32.2. The van der Waals surface area contributed by atoms with Crippen molar-refractivity contribution in [1.29, 1.82) is 0 Å². The number of rotatable bonds is 8. The van der Waals surface area contributed by atoms with Gasteiger partial charge >= 0.3 is 0 Å². The van der Waals surface area contributed by atoms with Gasteiger partial charge in [-0.2, -0.15) is 0 Å². The second-order valence-electron chi connectivity index (χ2n) is 7.25. The Labute approximate surface area is 182 Å². The van der Waals surface area contributed by atoms with Crippen molar-refractivity contribution < 1.29 is 17.9 Å². The van der Waals surface area contributed by atoms with E-state index in [4.69, 9.17) is 4.74 Å². The normalized spacial score (nSPS) is 14.5. The van der Waals surface area contributed by atoms with Gasteiger partial charge in [0.25, 0.3) is 5.91 Å². The number of amides is 1. The zero-order chi connectivity index (χ0) is 22.4. The number of morpholine rings is 1. The SMILES string of the molecule is Cc1nc(NCCNC(=O)c2ccc(S(=O)(=O)N(C)C)cc2)cc(N2CCOCC2)n1. The fraction of sp³-hybridized carbons (Fsp3) is 0.450. The van der Waals surface area contributed by atoms with Crippen molar-refractivity contribution in [3.05, 3.63) is 41.7 Å². The van der Waals surface area contributed by atoms with Gasteiger partial charge in [-0.1, -0.05) is 0 Å². The second kappa shape index (κ2) is 10.0. The highest BCUT2D eigenvalue weighted by Gasteiger charge is 2.17. The number of benzene rings is 1. The fourth-order valence-corrected chi connectivity index (χ4v) is 3.96. The average Bonchev–Trinajstić information content (AvgIpc) is 2.77. The number of aromatic nitrogens is 2. The van der Waals surface area contributed by atoms with E-state index < -0.39 is 10.0 Å².